The zero-order valence-electron chi connectivity index (χ0n) is 11.0. The largest absolute Gasteiger partial charge is 0.368 e. The third-order valence-electron chi connectivity index (χ3n) is 3.03. The zero-order valence-corrected chi connectivity index (χ0v) is 11.0. The quantitative estimate of drug-likeness (QED) is 0.728. The Bertz CT molecular complexity index is 458. The summed E-state index contributed by atoms with van der Waals surface area (Å²) in [5.74, 6) is 0.706. The molecule has 8 nitrogen and oxygen atoms in total. The van der Waals surface area contributed by atoms with Gasteiger partial charge in [-0.25, -0.2) is 0 Å². The number of nitrogen functional groups attached to an aromatic ring is 1. The summed E-state index contributed by atoms with van der Waals surface area (Å²) in [4.78, 5) is 27.4. The molecule has 104 valence electrons. The summed E-state index contributed by atoms with van der Waals surface area (Å²) in [5.41, 5.74) is 10.9. The van der Waals surface area contributed by atoms with Crippen molar-refractivity contribution in [3.63, 3.8) is 0 Å². The maximum absolute atomic E-state index is 11.0. The molecule has 19 heavy (non-hydrogen) atoms. The van der Waals surface area contributed by atoms with Crippen molar-refractivity contribution in [1.29, 1.82) is 0 Å². The monoisotopic (exact) mass is 265 g/mol. The fourth-order valence-corrected chi connectivity index (χ4v) is 2.08. The Balaban J connectivity index is 2.26. The van der Waals surface area contributed by atoms with E-state index in [1.165, 1.54) is 0 Å². The van der Waals surface area contributed by atoms with Crippen LogP contribution in [0.3, 0.4) is 0 Å². The number of anilines is 3. The second kappa shape index (κ2) is 5.68. The minimum absolute atomic E-state index is 0.0688. The van der Waals surface area contributed by atoms with Crippen LogP contribution in [0.5, 0.6) is 0 Å². The fourth-order valence-electron chi connectivity index (χ4n) is 2.08. The molecule has 1 saturated heterocycles. The molecular weight excluding hydrogens is 246 g/mol. The number of rotatable bonds is 5. The highest BCUT2D eigenvalue weighted by Gasteiger charge is 2.19. The van der Waals surface area contributed by atoms with Crippen molar-refractivity contribution in [3.8, 4) is 0 Å². The average molecular weight is 265 g/mol. The van der Waals surface area contributed by atoms with Gasteiger partial charge >= 0.3 is 0 Å². The molecule has 1 aromatic rings. The van der Waals surface area contributed by atoms with E-state index in [2.05, 4.69) is 19.9 Å². The lowest BCUT2D eigenvalue weighted by atomic mass is 10.4. The Labute approximate surface area is 111 Å². The Hall–Kier alpha value is -2.12. The van der Waals surface area contributed by atoms with Gasteiger partial charge in [0.25, 0.3) is 0 Å². The number of primary amides is 1. The van der Waals surface area contributed by atoms with Crippen molar-refractivity contribution in [2.24, 2.45) is 5.73 Å². The molecule has 2 rings (SSSR count). The summed E-state index contributed by atoms with van der Waals surface area (Å²) in [6.07, 6.45) is 2.25. The summed E-state index contributed by atoms with van der Waals surface area (Å²) in [6, 6.07) is 0. The van der Waals surface area contributed by atoms with Gasteiger partial charge in [-0.1, -0.05) is 0 Å². The third-order valence-corrected chi connectivity index (χ3v) is 3.03. The zero-order chi connectivity index (χ0) is 13.8. The van der Waals surface area contributed by atoms with Crippen molar-refractivity contribution < 1.29 is 4.79 Å². The van der Waals surface area contributed by atoms with Crippen LogP contribution in [0.1, 0.15) is 19.8 Å². The molecule has 1 aliphatic rings. The van der Waals surface area contributed by atoms with E-state index in [0.717, 1.165) is 25.9 Å². The lowest BCUT2D eigenvalue weighted by Gasteiger charge is -2.21. The van der Waals surface area contributed by atoms with Crippen molar-refractivity contribution in [2.45, 2.75) is 19.8 Å². The van der Waals surface area contributed by atoms with Crippen LogP contribution in [0, 0.1) is 0 Å². The van der Waals surface area contributed by atoms with Crippen LogP contribution < -0.4 is 21.3 Å². The third kappa shape index (κ3) is 3.21. The molecule has 0 unspecified atom stereocenters. The van der Waals surface area contributed by atoms with Crippen LogP contribution in [0.2, 0.25) is 0 Å². The predicted octanol–water partition coefficient (Wildman–Crippen LogP) is -0.634. The van der Waals surface area contributed by atoms with Gasteiger partial charge in [0.15, 0.2) is 0 Å². The molecule has 0 bridgehead atoms. The number of aromatic nitrogens is 3. The van der Waals surface area contributed by atoms with Crippen LogP contribution in [0.4, 0.5) is 17.8 Å². The number of carbonyl (C=O) groups excluding carboxylic acids is 1. The Morgan fingerprint density at radius 3 is 2.58 bits per heavy atom. The summed E-state index contributed by atoms with van der Waals surface area (Å²) in [5, 5.41) is 0. The average Bonchev–Trinajstić information content (AvgIpc) is 2.88. The van der Waals surface area contributed by atoms with Crippen LogP contribution >= 0.6 is 0 Å². The van der Waals surface area contributed by atoms with E-state index in [1.807, 2.05) is 6.92 Å². The van der Waals surface area contributed by atoms with Crippen molar-refractivity contribution in [3.05, 3.63) is 0 Å². The first-order valence-corrected chi connectivity index (χ1v) is 6.40. The summed E-state index contributed by atoms with van der Waals surface area (Å²) in [7, 11) is 0. The number of amides is 1. The molecule has 1 amide bonds. The van der Waals surface area contributed by atoms with E-state index in [1.54, 1.807) is 4.90 Å². The number of hydrogen-bond donors (Lipinski definition) is 2. The maximum Gasteiger partial charge on any atom is 0.237 e. The van der Waals surface area contributed by atoms with Crippen LogP contribution in [-0.4, -0.2) is 47.0 Å². The number of carbonyl (C=O) groups is 1. The van der Waals surface area contributed by atoms with E-state index >= 15 is 0 Å². The lowest BCUT2D eigenvalue weighted by molar-refractivity contribution is -0.116. The van der Waals surface area contributed by atoms with Crippen molar-refractivity contribution in [2.75, 3.05) is 41.7 Å². The Morgan fingerprint density at radius 2 is 2.00 bits per heavy atom. The molecule has 4 N–H and O–H groups in total. The van der Waals surface area contributed by atoms with E-state index in [0.29, 0.717) is 18.4 Å². The van der Waals surface area contributed by atoms with E-state index < -0.39 is 5.91 Å². The molecule has 1 aliphatic heterocycles. The van der Waals surface area contributed by atoms with Gasteiger partial charge in [-0.3, -0.25) is 4.79 Å². The molecule has 0 aliphatic carbocycles. The van der Waals surface area contributed by atoms with Crippen molar-refractivity contribution >= 4 is 23.8 Å². The molecular formula is C11H19N7O. The summed E-state index contributed by atoms with van der Waals surface area (Å²) >= 11 is 0. The van der Waals surface area contributed by atoms with Crippen LogP contribution in [0.25, 0.3) is 0 Å². The number of nitrogens with zero attached hydrogens (tertiary/aromatic N) is 5. The van der Waals surface area contributed by atoms with Gasteiger partial charge in [-0.15, -0.1) is 0 Å². The van der Waals surface area contributed by atoms with Gasteiger partial charge in [0, 0.05) is 19.6 Å². The lowest BCUT2D eigenvalue weighted by Crippen LogP contribution is -2.35. The molecule has 0 atom stereocenters. The topological polar surface area (TPSA) is 114 Å². The standard InChI is InChI=1S/C11H19N7O/c1-2-17(7-8(12)19)10-14-9(13)15-11(16-10)18-5-3-4-6-18/h2-7H2,1H3,(H2,12,19)(H2,13,14,15,16). The number of likely N-dealkylation sites (N-methyl/N-ethyl adjacent to an activating group) is 1. The highest BCUT2D eigenvalue weighted by atomic mass is 16.1. The van der Waals surface area contributed by atoms with Gasteiger partial charge < -0.3 is 21.3 Å². The van der Waals surface area contributed by atoms with E-state index in [-0.39, 0.29) is 12.5 Å². The molecule has 8 heteroatoms. The normalized spacial score (nSPS) is 14.7. The summed E-state index contributed by atoms with van der Waals surface area (Å²) in [6.45, 7) is 4.39. The fraction of sp³-hybridized carbons (Fsp3) is 0.636. The predicted molar refractivity (Wildman–Crippen MR) is 72.8 cm³/mol. The first-order chi connectivity index (χ1) is 9.10. The molecule has 0 radical (unpaired) electrons. The van der Waals surface area contributed by atoms with Gasteiger partial charge in [-0.2, -0.15) is 15.0 Å². The summed E-state index contributed by atoms with van der Waals surface area (Å²) < 4.78 is 0. The van der Waals surface area contributed by atoms with E-state index in [4.69, 9.17) is 11.5 Å². The molecule has 0 aromatic carbocycles. The Morgan fingerprint density at radius 1 is 1.32 bits per heavy atom. The van der Waals surface area contributed by atoms with E-state index in [9.17, 15) is 4.79 Å². The van der Waals surface area contributed by atoms with Crippen LogP contribution in [-0.2, 0) is 4.79 Å². The second-order valence-electron chi connectivity index (χ2n) is 4.47. The van der Waals surface area contributed by atoms with Crippen molar-refractivity contribution in [1.82, 2.24) is 15.0 Å². The number of nitrogens with two attached hydrogens (primary N) is 2. The van der Waals surface area contributed by atoms with Gasteiger partial charge in [0.05, 0.1) is 6.54 Å². The molecule has 0 saturated carbocycles. The second-order valence-corrected chi connectivity index (χ2v) is 4.47. The Kier molecular flexibility index (Phi) is 3.98. The molecule has 0 spiro atoms. The molecule has 2 heterocycles. The highest BCUT2D eigenvalue weighted by Crippen LogP contribution is 2.19. The first-order valence-electron chi connectivity index (χ1n) is 6.40. The first kappa shape index (κ1) is 13.3. The highest BCUT2D eigenvalue weighted by molar-refractivity contribution is 5.78. The van der Waals surface area contributed by atoms with Gasteiger partial charge in [0.1, 0.15) is 0 Å². The van der Waals surface area contributed by atoms with Gasteiger partial charge in [0.2, 0.25) is 23.8 Å². The smallest absolute Gasteiger partial charge is 0.237 e. The molecule has 1 aromatic heterocycles. The van der Waals surface area contributed by atoms with Gasteiger partial charge in [-0.05, 0) is 19.8 Å². The maximum atomic E-state index is 11.0. The molecule has 1 fully saturated rings. The SMILES string of the molecule is CCN(CC(N)=O)c1nc(N)nc(N2CCCC2)n1. The minimum atomic E-state index is -0.427. The number of hydrogen-bond acceptors (Lipinski definition) is 7. The van der Waals surface area contributed by atoms with Crippen LogP contribution in [0.15, 0.2) is 0 Å². The minimum Gasteiger partial charge on any atom is -0.368 e.